The number of hydrogen-bond acceptors (Lipinski definition) is 8. The van der Waals surface area contributed by atoms with Crippen molar-refractivity contribution in [3.63, 3.8) is 0 Å². The van der Waals surface area contributed by atoms with Crippen LogP contribution in [-0.2, 0) is 32.7 Å². The topological polar surface area (TPSA) is 111 Å². The molecule has 0 N–H and O–H groups in total. The number of carbonyl (C=O) groups is 2. The molecule has 0 heterocycles. The molecular formula is C47H94NO8P. The lowest BCUT2D eigenvalue weighted by molar-refractivity contribution is -0.870. The quantitative estimate of drug-likeness (QED) is 0.0258. The highest BCUT2D eigenvalue weighted by Gasteiger charge is 2.21. The molecule has 0 spiro atoms. The monoisotopic (exact) mass is 832 g/mol. The number of carbonyl (C=O) groups excluding carboxylic acids is 2. The van der Waals surface area contributed by atoms with E-state index in [4.69, 9.17) is 18.5 Å². The van der Waals surface area contributed by atoms with Crippen LogP contribution in [-0.4, -0.2) is 70.0 Å². The van der Waals surface area contributed by atoms with E-state index >= 15 is 0 Å². The number of unbranched alkanes of at least 4 members (excludes halogenated alkanes) is 31. The van der Waals surface area contributed by atoms with Gasteiger partial charge in [0.15, 0.2) is 6.10 Å². The zero-order chi connectivity index (χ0) is 42.1. The number of phosphoric ester groups is 1. The van der Waals surface area contributed by atoms with Crippen molar-refractivity contribution in [2.24, 2.45) is 0 Å². The summed E-state index contributed by atoms with van der Waals surface area (Å²) in [7, 11) is 1.18. The third kappa shape index (κ3) is 44.4. The van der Waals surface area contributed by atoms with Crippen LogP contribution in [0.2, 0.25) is 0 Å². The second-order valence-electron chi connectivity index (χ2n) is 17.8. The fraction of sp³-hybridized carbons (Fsp3) is 0.957. The van der Waals surface area contributed by atoms with Gasteiger partial charge in [-0.15, -0.1) is 0 Å². The average Bonchev–Trinajstić information content (AvgIpc) is 3.16. The maximum Gasteiger partial charge on any atom is 0.306 e. The lowest BCUT2D eigenvalue weighted by Crippen LogP contribution is -2.37. The van der Waals surface area contributed by atoms with Gasteiger partial charge in [0.05, 0.1) is 27.7 Å². The molecule has 0 aromatic heterocycles. The highest BCUT2D eigenvalue weighted by atomic mass is 31.2. The molecule has 340 valence electrons. The number of likely N-dealkylation sites (N-methyl/N-ethyl adjacent to an activating group) is 1. The minimum Gasteiger partial charge on any atom is -0.756 e. The Morgan fingerprint density at radius 3 is 1.12 bits per heavy atom. The Morgan fingerprint density at radius 1 is 0.474 bits per heavy atom. The summed E-state index contributed by atoms with van der Waals surface area (Å²) in [6, 6.07) is 0. The molecule has 10 heteroatoms. The van der Waals surface area contributed by atoms with Crippen LogP contribution in [0.1, 0.15) is 239 Å². The van der Waals surface area contributed by atoms with Crippen molar-refractivity contribution in [1.82, 2.24) is 0 Å². The van der Waals surface area contributed by atoms with E-state index < -0.39 is 26.5 Å². The molecule has 0 aromatic carbocycles. The number of quaternary nitrogens is 1. The summed E-state index contributed by atoms with van der Waals surface area (Å²) < 4.78 is 34.0. The molecule has 2 unspecified atom stereocenters. The van der Waals surface area contributed by atoms with Gasteiger partial charge in [-0.1, -0.05) is 213 Å². The van der Waals surface area contributed by atoms with Crippen LogP contribution < -0.4 is 4.89 Å². The van der Waals surface area contributed by atoms with Gasteiger partial charge in [0, 0.05) is 12.8 Å². The van der Waals surface area contributed by atoms with Crippen molar-refractivity contribution in [3.8, 4) is 0 Å². The lowest BCUT2D eigenvalue weighted by Gasteiger charge is -2.28. The number of esters is 2. The Hall–Kier alpha value is -0.990. The zero-order valence-corrected chi connectivity index (χ0v) is 39.2. The van der Waals surface area contributed by atoms with Crippen LogP contribution >= 0.6 is 7.82 Å². The summed E-state index contributed by atoms with van der Waals surface area (Å²) >= 11 is 0. The molecule has 0 aliphatic rings. The third-order valence-electron chi connectivity index (χ3n) is 10.9. The summed E-state index contributed by atoms with van der Waals surface area (Å²) in [6.07, 6.45) is 41.2. The standard InChI is InChI=1S/C47H94NO8P/c1-6-8-10-12-14-16-18-20-22-24-26-27-29-31-33-35-37-39-46(49)53-43-45(44-55-57(51,52)54-42-41-48(3,4)5)56-47(50)40-38-36-34-32-30-28-25-23-21-19-17-15-13-11-9-7-2/h45H,6-44H2,1-5H3. The SMILES string of the molecule is CCCCCCCCCCCCCCCCCCCC(=O)OCC(COP(=O)([O-])OCC[N+](C)(C)C)OC(=O)CCCCCCCCCCCCCCCCCC. The van der Waals surface area contributed by atoms with Gasteiger partial charge in [-0.25, -0.2) is 0 Å². The van der Waals surface area contributed by atoms with Gasteiger partial charge in [-0.2, -0.15) is 0 Å². The van der Waals surface area contributed by atoms with Crippen molar-refractivity contribution < 1.29 is 42.1 Å². The van der Waals surface area contributed by atoms with Crippen molar-refractivity contribution in [2.75, 3.05) is 47.5 Å². The first kappa shape index (κ1) is 56.0. The summed E-state index contributed by atoms with van der Waals surface area (Å²) in [5.74, 6) is -0.816. The Bertz CT molecular complexity index is 943. The zero-order valence-electron chi connectivity index (χ0n) is 38.3. The van der Waals surface area contributed by atoms with E-state index in [1.54, 1.807) is 0 Å². The normalized spacial score (nSPS) is 13.4. The van der Waals surface area contributed by atoms with Crippen LogP contribution in [0.4, 0.5) is 0 Å². The first-order valence-corrected chi connectivity index (χ1v) is 25.7. The number of hydrogen-bond donors (Lipinski definition) is 0. The summed E-state index contributed by atoms with van der Waals surface area (Å²) in [5.41, 5.74) is 0. The van der Waals surface area contributed by atoms with Crippen molar-refractivity contribution >= 4 is 19.8 Å². The summed E-state index contributed by atoms with van der Waals surface area (Å²) in [6.45, 7) is 4.28. The largest absolute Gasteiger partial charge is 0.756 e. The summed E-state index contributed by atoms with van der Waals surface area (Å²) in [5, 5.41) is 0. The molecule has 0 saturated heterocycles. The van der Waals surface area contributed by atoms with Gasteiger partial charge in [0.25, 0.3) is 7.82 Å². The van der Waals surface area contributed by atoms with Crippen LogP contribution in [0.5, 0.6) is 0 Å². The lowest BCUT2D eigenvalue weighted by atomic mass is 10.0. The second-order valence-corrected chi connectivity index (χ2v) is 19.3. The molecule has 0 aliphatic carbocycles. The van der Waals surface area contributed by atoms with Crippen molar-refractivity contribution in [2.45, 2.75) is 245 Å². The molecule has 2 atom stereocenters. The molecule has 0 radical (unpaired) electrons. The molecule has 0 aliphatic heterocycles. The van der Waals surface area contributed by atoms with Crippen LogP contribution in [0, 0.1) is 0 Å². The molecule has 57 heavy (non-hydrogen) atoms. The van der Waals surface area contributed by atoms with Crippen molar-refractivity contribution in [1.29, 1.82) is 0 Å². The van der Waals surface area contributed by atoms with E-state index in [0.29, 0.717) is 17.4 Å². The fourth-order valence-electron chi connectivity index (χ4n) is 7.07. The van der Waals surface area contributed by atoms with E-state index in [2.05, 4.69) is 13.8 Å². The smallest absolute Gasteiger partial charge is 0.306 e. The number of nitrogens with zero attached hydrogens (tertiary/aromatic N) is 1. The number of rotatable bonds is 45. The van der Waals surface area contributed by atoms with Gasteiger partial charge in [0.1, 0.15) is 19.8 Å². The van der Waals surface area contributed by atoms with Gasteiger partial charge < -0.3 is 27.9 Å². The minimum absolute atomic E-state index is 0.0255. The Morgan fingerprint density at radius 2 is 0.789 bits per heavy atom. The van der Waals surface area contributed by atoms with E-state index in [9.17, 15) is 19.0 Å². The summed E-state index contributed by atoms with van der Waals surface area (Å²) in [4.78, 5) is 37.6. The highest BCUT2D eigenvalue weighted by Crippen LogP contribution is 2.38. The molecule has 0 amide bonds. The molecular weight excluding hydrogens is 737 g/mol. The molecule has 9 nitrogen and oxygen atoms in total. The Balaban J connectivity index is 4.24. The highest BCUT2D eigenvalue weighted by molar-refractivity contribution is 7.45. The molecule has 0 saturated carbocycles. The first-order valence-electron chi connectivity index (χ1n) is 24.2. The second kappa shape index (κ2) is 40.4. The predicted molar refractivity (Wildman–Crippen MR) is 236 cm³/mol. The van der Waals surface area contributed by atoms with Gasteiger partial charge in [0.2, 0.25) is 0 Å². The van der Waals surface area contributed by atoms with E-state index in [-0.39, 0.29) is 32.0 Å². The first-order chi connectivity index (χ1) is 27.5. The Kier molecular flexibility index (Phi) is 39.7. The van der Waals surface area contributed by atoms with Crippen LogP contribution in [0.25, 0.3) is 0 Å². The maximum atomic E-state index is 12.7. The van der Waals surface area contributed by atoms with Crippen molar-refractivity contribution in [3.05, 3.63) is 0 Å². The molecule has 0 fully saturated rings. The van der Waals surface area contributed by atoms with E-state index in [0.717, 1.165) is 32.1 Å². The number of phosphoric acid groups is 1. The van der Waals surface area contributed by atoms with Gasteiger partial charge in [-0.05, 0) is 12.8 Å². The van der Waals surface area contributed by atoms with Crippen LogP contribution in [0.15, 0.2) is 0 Å². The van der Waals surface area contributed by atoms with Gasteiger partial charge in [-0.3, -0.25) is 14.2 Å². The van der Waals surface area contributed by atoms with E-state index in [1.165, 1.54) is 173 Å². The third-order valence-corrected chi connectivity index (χ3v) is 11.8. The van der Waals surface area contributed by atoms with E-state index in [1.807, 2.05) is 21.1 Å². The molecule has 0 bridgehead atoms. The fourth-order valence-corrected chi connectivity index (χ4v) is 7.80. The minimum atomic E-state index is -4.62. The Labute approximate surface area is 353 Å². The average molecular weight is 832 g/mol. The molecule has 0 rings (SSSR count). The molecule has 0 aromatic rings. The number of ether oxygens (including phenoxy) is 2. The predicted octanol–water partition coefficient (Wildman–Crippen LogP) is 13.3. The van der Waals surface area contributed by atoms with Crippen LogP contribution in [0.3, 0.4) is 0 Å². The maximum absolute atomic E-state index is 12.7. The van der Waals surface area contributed by atoms with Gasteiger partial charge >= 0.3 is 11.9 Å².